The van der Waals surface area contributed by atoms with Gasteiger partial charge < -0.3 is 14.6 Å². The Kier molecular flexibility index (Phi) is 4.31. The van der Waals surface area contributed by atoms with Gasteiger partial charge in [0, 0.05) is 25.2 Å². The van der Waals surface area contributed by atoms with Crippen LogP contribution in [0.25, 0.3) is 0 Å². The van der Waals surface area contributed by atoms with E-state index in [0.717, 1.165) is 17.0 Å². The van der Waals surface area contributed by atoms with Gasteiger partial charge in [0.15, 0.2) is 5.75 Å². The molecule has 1 aromatic carbocycles. The molecule has 0 amide bonds. The van der Waals surface area contributed by atoms with Crippen LogP contribution < -0.4 is 10.1 Å². The summed E-state index contributed by atoms with van der Waals surface area (Å²) in [6.45, 7) is 2.86. The average Bonchev–Trinajstić information content (AvgIpc) is 2.84. The van der Waals surface area contributed by atoms with Gasteiger partial charge in [-0.15, -0.1) is 0 Å². The first-order valence-corrected chi connectivity index (χ1v) is 6.04. The van der Waals surface area contributed by atoms with Crippen LogP contribution >= 0.6 is 0 Å². The maximum atomic E-state index is 10.9. The first-order valence-electron chi connectivity index (χ1n) is 6.04. The monoisotopic (exact) mass is 277 g/mol. The Morgan fingerprint density at radius 3 is 2.80 bits per heavy atom. The molecule has 0 spiro atoms. The molecule has 0 fully saturated rings. The van der Waals surface area contributed by atoms with Crippen molar-refractivity contribution in [3.05, 3.63) is 51.4 Å². The van der Waals surface area contributed by atoms with E-state index in [2.05, 4.69) is 10.5 Å². The van der Waals surface area contributed by atoms with Gasteiger partial charge in [-0.1, -0.05) is 11.2 Å². The van der Waals surface area contributed by atoms with E-state index in [1.807, 2.05) is 13.0 Å². The molecular formula is C13H15N3O4. The standard InChI is InChI=1S/C13H15N3O4/c1-9-5-11(15-20-9)8-14-7-10-3-4-13(19-2)12(6-10)16(17)18/h3-6,14H,7-8H2,1-2H3. The van der Waals surface area contributed by atoms with Crippen molar-refractivity contribution in [2.75, 3.05) is 7.11 Å². The van der Waals surface area contributed by atoms with Crippen LogP contribution in [0.1, 0.15) is 17.0 Å². The number of methoxy groups -OCH3 is 1. The van der Waals surface area contributed by atoms with Gasteiger partial charge in [-0.3, -0.25) is 10.1 Å². The molecule has 2 aromatic rings. The lowest BCUT2D eigenvalue weighted by molar-refractivity contribution is -0.385. The molecule has 0 bridgehead atoms. The zero-order chi connectivity index (χ0) is 14.5. The Bertz CT molecular complexity index is 609. The van der Waals surface area contributed by atoms with Gasteiger partial charge in [-0.05, 0) is 18.6 Å². The summed E-state index contributed by atoms with van der Waals surface area (Å²) in [5.74, 6) is 1.01. The number of aromatic nitrogens is 1. The van der Waals surface area contributed by atoms with Crippen molar-refractivity contribution < 1.29 is 14.2 Å². The van der Waals surface area contributed by atoms with Crippen molar-refractivity contribution in [2.24, 2.45) is 0 Å². The maximum absolute atomic E-state index is 10.9. The highest BCUT2D eigenvalue weighted by Crippen LogP contribution is 2.27. The zero-order valence-corrected chi connectivity index (χ0v) is 11.3. The number of hydrogen-bond acceptors (Lipinski definition) is 6. The van der Waals surface area contributed by atoms with Gasteiger partial charge in [-0.2, -0.15) is 0 Å². The fraction of sp³-hybridized carbons (Fsp3) is 0.308. The molecule has 20 heavy (non-hydrogen) atoms. The molecule has 7 nitrogen and oxygen atoms in total. The second-order valence-corrected chi connectivity index (χ2v) is 4.30. The summed E-state index contributed by atoms with van der Waals surface area (Å²) >= 11 is 0. The minimum Gasteiger partial charge on any atom is -0.490 e. The molecule has 7 heteroatoms. The number of nitrogens with one attached hydrogen (secondary N) is 1. The Balaban J connectivity index is 1.99. The first-order chi connectivity index (χ1) is 9.60. The second kappa shape index (κ2) is 6.16. The molecule has 0 radical (unpaired) electrons. The molecule has 1 heterocycles. The van der Waals surface area contributed by atoms with Crippen LogP contribution in [0.5, 0.6) is 5.75 Å². The van der Waals surface area contributed by atoms with E-state index in [4.69, 9.17) is 9.26 Å². The van der Waals surface area contributed by atoms with Crippen LogP contribution in [0.3, 0.4) is 0 Å². The third-order valence-corrected chi connectivity index (χ3v) is 2.75. The Hall–Kier alpha value is -2.41. The molecule has 0 saturated carbocycles. The highest BCUT2D eigenvalue weighted by Gasteiger charge is 2.14. The lowest BCUT2D eigenvalue weighted by Gasteiger charge is -2.05. The summed E-state index contributed by atoms with van der Waals surface area (Å²) in [6, 6.07) is 6.71. The van der Waals surface area contributed by atoms with Crippen molar-refractivity contribution >= 4 is 5.69 Å². The van der Waals surface area contributed by atoms with E-state index in [1.165, 1.54) is 13.2 Å². The summed E-state index contributed by atoms with van der Waals surface area (Å²) in [5.41, 5.74) is 1.56. The summed E-state index contributed by atoms with van der Waals surface area (Å²) in [6.07, 6.45) is 0. The molecule has 0 atom stereocenters. The number of benzene rings is 1. The number of rotatable bonds is 6. The maximum Gasteiger partial charge on any atom is 0.311 e. The lowest BCUT2D eigenvalue weighted by Crippen LogP contribution is -2.13. The van der Waals surface area contributed by atoms with Crippen molar-refractivity contribution in [3.8, 4) is 5.75 Å². The van der Waals surface area contributed by atoms with Crippen LogP contribution in [0, 0.1) is 17.0 Å². The predicted molar refractivity (Wildman–Crippen MR) is 71.4 cm³/mol. The SMILES string of the molecule is COc1ccc(CNCc2cc(C)on2)cc1[N+](=O)[O-]. The molecule has 0 saturated heterocycles. The molecular weight excluding hydrogens is 262 g/mol. The van der Waals surface area contributed by atoms with E-state index in [-0.39, 0.29) is 11.4 Å². The molecule has 0 aliphatic heterocycles. The highest BCUT2D eigenvalue weighted by atomic mass is 16.6. The quantitative estimate of drug-likeness (QED) is 0.643. The van der Waals surface area contributed by atoms with Crippen LogP contribution in [-0.2, 0) is 13.1 Å². The molecule has 0 unspecified atom stereocenters. The third-order valence-electron chi connectivity index (χ3n) is 2.75. The first kappa shape index (κ1) is 14.0. The van der Waals surface area contributed by atoms with Crippen molar-refractivity contribution in [2.45, 2.75) is 20.0 Å². The summed E-state index contributed by atoms with van der Waals surface area (Å²) < 4.78 is 9.91. The predicted octanol–water partition coefficient (Wildman–Crippen LogP) is 2.19. The molecule has 1 aromatic heterocycles. The van der Waals surface area contributed by atoms with Gasteiger partial charge in [0.1, 0.15) is 5.76 Å². The Labute approximate surface area is 115 Å². The minimum absolute atomic E-state index is 0.0379. The Morgan fingerprint density at radius 1 is 1.40 bits per heavy atom. The van der Waals surface area contributed by atoms with E-state index < -0.39 is 4.92 Å². The van der Waals surface area contributed by atoms with Gasteiger partial charge in [0.05, 0.1) is 17.7 Å². The van der Waals surface area contributed by atoms with Crippen LogP contribution in [0.4, 0.5) is 5.69 Å². The number of nitrogens with zero attached hydrogens (tertiary/aromatic N) is 2. The topological polar surface area (TPSA) is 90.4 Å². The number of hydrogen-bond donors (Lipinski definition) is 1. The van der Waals surface area contributed by atoms with Gasteiger partial charge in [-0.25, -0.2) is 0 Å². The van der Waals surface area contributed by atoms with Crippen molar-refractivity contribution in [1.29, 1.82) is 0 Å². The Morgan fingerprint density at radius 2 is 2.20 bits per heavy atom. The normalized spacial score (nSPS) is 10.5. The lowest BCUT2D eigenvalue weighted by atomic mass is 10.2. The molecule has 2 rings (SSSR count). The molecule has 1 N–H and O–H groups in total. The smallest absolute Gasteiger partial charge is 0.311 e. The molecule has 0 aliphatic carbocycles. The number of aryl methyl sites for hydroxylation is 1. The summed E-state index contributed by atoms with van der Waals surface area (Å²) in [7, 11) is 1.41. The van der Waals surface area contributed by atoms with Crippen molar-refractivity contribution in [1.82, 2.24) is 10.5 Å². The zero-order valence-electron chi connectivity index (χ0n) is 11.3. The fourth-order valence-corrected chi connectivity index (χ4v) is 1.82. The third kappa shape index (κ3) is 3.33. The van der Waals surface area contributed by atoms with E-state index in [9.17, 15) is 10.1 Å². The number of nitro benzene ring substituents is 1. The van der Waals surface area contributed by atoms with E-state index in [0.29, 0.717) is 13.1 Å². The fourth-order valence-electron chi connectivity index (χ4n) is 1.82. The number of ether oxygens (including phenoxy) is 1. The summed E-state index contributed by atoms with van der Waals surface area (Å²) in [4.78, 5) is 10.5. The second-order valence-electron chi connectivity index (χ2n) is 4.30. The summed E-state index contributed by atoms with van der Waals surface area (Å²) in [5, 5.41) is 17.9. The average molecular weight is 277 g/mol. The van der Waals surface area contributed by atoms with Crippen molar-refractivity contribution in [3.63, 3.8) is 0 Å². The van der Waals surface area contributed by atoms with Crippen LogP contribution in [-0.4, -0.2) is 17.2 Å². The van der Waals surface area contributed by atoms with E-state index >= 15 is 0 Å². The van der Waals surface area contributed by atoms with Gasteiger partial charge in [0.2, 0.25) is 0 Å². The largest absolute Gasteiger partial charge is 0.490 e. The van der Waals surface area contributed by atoms with E-state index in [1.54, 1.807) is 12.1 Å². The minimum atomic E-state index is -0.455. The van der Waals surface area contributed by atoms with Crippen LogP contribution in [0.15, 0.2) is 28.8 Å². The highest BCUT2D eigenvalue weighted by molar-refractivity contribution is 5.48. The molecule has 0 aliphatic rings. The number of nitro groups is 1. The van der Waals surface area contributed by atoms with Gasteiger partial charge >= 0.3 is 5.69 Å². The van der Waals surface area contributed by atoms with Gasteiger partial charge in [0.25, 0.3) is 0 Å². The molecule has 106 valence electrons. The van der Waals surface area contributed by atoms with Crippen LogP contribution in [0.2, 0.25) is 0 Å².